The summed E-state index contributed by atoms with van der Waals surface area (Å²) in [6, 6.07) is 5.73. The Balaban J connectivity index is 1.48. The van der Waals surface area contributed by atoms with Crippen molar-refractivity contribution >= 4 is 11.7 Å². The van der Waals surface area contributed by atoms with Crippen LogP contribution >= 0.6 is 0 Å². The van der Waals surface area contributed by atoms with E-state index in [-0.39, 0.29) is 0 Å². The fourth-order valence-corrected chi connectivity index (χ4v) is 3.73. The fourth-order valence-electron chi connectivity index (χ4n) is 3.73. The lowest BCUT2D eigenvalue weighted by Gasteiger charge is -2.34. The molecule has 0 unspecified atom stereocenters. The van der Waals surface area contributed by atoms with Crippen molar-refractivity contribution in [2.75, 3.05) is 37.6 Å². The topological polar surface area (TPSA) is 88.2 Å². The summed E-state index contributed by atoms with van der Waals surface area (Å²) in [5.41, 5.74) is 3.55. The molecule has 5 rings (SSSR count). The highest BCUT2D eigenvalue weighted by Gasteiger charge is 2.19. The Labute approximate surface area is 174 Å². The third-order valence-electron chi connectivity index (χ3n) is 5.55. The molecule has 9 heteroatoms. The summed E-state index contributed by atoms with van der Waals surface area (Å²) < 4.78 is 1.76. The summed E-state index contributed by atoms with van der Waals surface area (Å²) in [4.78, 5) is 27.2. The van der Waals surface area contributed by atoms with Gasteiger partial charge < -0.3 is 9.80 Å². The summed E-state index contributed by atoms with van der Waals surface area (Å²) in [5.74, 6) is 1.92. The molecule has 1 aliphatic rings. The first kappa shape index (κ1) is 18.6. The van der Waals surface area contributed by atoms with Gasteiger partial charge in [-0.25, -0.2) is 19.5 Å². The van der Waals surface area contributed by atoms with Gasteiger partial charge in [0.15, 0.2) is 5.82 Å². The summed E-state index contributed by atoms with van der Waals surface area (Å²) in [7, 11) is 0. The zero-order valence-electron chi connectivity index (χ0n) is 17.1. The second kappa shape index (κ2) is 7.75. The van der Waals surface area contributed by atoms with Crippen LogP contribution in [0.15, 0.2) is 43.0 Å². The lowest BCUT2D eigenvalue weighted by Crippen LogP contribution is -2.46. The van der Waals surface area contributed by atoms with Crippen molar-refractivity contribution in [3.63, 3.8) is 0 Å². The smallest absolute Gasteiger partial charge is 0.252 e. The number of rotatable bonds is 4. The lowest BCUT2D eigenvalue weighted by molar-refractivity contribution is 0.270. The number of pyridine rings is 1. The van der Waals surface area contributed by atoms with E-state index in [0.29, 0.717) is 11.6 Å². The minimum Gasteiger partial charge on any atom is -0.338 e. The van der Waals surface area contributed by atoms with Gasteiger partial charge in [-0.1, -0.05) is 6.92 Å². The van der Waals surface area contributed by atoms with Crippen LogP contribution in [0.4, 0.5) is 5.95 Å². The molecular weight excluding hydrogens is 378 g/mol. The molecule has 4 aromatic heterocycles. The number of anilines is 1. The standard InChI is InChI=1S/C21H23N9/c1-3-28-9-11-29(12-10-28)20-23-8-6-18(25-20)17-14-24-21-26-19(27-30(21)15(17)2)16-5-4-7-22-13-16/h4-8,13-14H,3,9-12H2,1-2H3. The number of aromatic nitrogens is 7. The van der Waals surface area contributed by atoms with Crippen molar-refractivity contribution in [1.29, 1.82) is 0 Å². The van der Waals surface area contributed by atoms with Crippen molar-refractivity contribution in [2.24, 2.45) is 0 Å². The van der Waals surface area contributed by atoms with E-state index in [2.05, 4.69) is 41.8 Å². The Morgan fingerprint density at radius 3 is 2.60 bits per heavy atom. The summed E-state index contributed by atoms with van der Waals surface area (Å²) >= 11 is 0. The monoisotopic (exact) mass is 401 g/mol. The predicted molar refractivity (Wildman–Crippen MR) is 114 cm³/mol. The highest BCUT2D eigenvalue weighted by molar-refractivity contribution is 5.64. The second-order valence-electron chi connectivity index (χ2n) is 7.31. The molecule has 0 spiro atoms. The average Bonchev–Trinajstić information content (AvgIpc) is 3.26. The van der Waals surface area contributed by atoms with Gasteiger partial charge in [0.05, 0.1) is 11.4 Å². The van der Waals surface area contributed by atoms with Gasteiger partial charge in [0, 0.05) is 62.1 Å². The lowest BCUT2D eigenvalue weighted by atomic mass is 10.2. The molecule has 5 heterocycles. The number of hydrogen-bond acceptors (Lipinski definition) is 8. The molecule has 0 radical (unpaired) electrons. The normalized spacial score (nSPS) is 15.1. The minimum absolute atomic E-state index is 0.556. The van der Waals surface area contributed by atoms with Crippen LogP contribution < -0.4 is 4.90 Å². The molecule has 0 N–H and O–H groups in total. The van der Waals surface area contributed by atoms with Crippen LogP contribution in [0, 0.1) is 6.92 Å². The van der Waals surface area contributed by atoms with Crippen LogP contribution in [0.5, 0.6) is 0 Å². The van der Waals surface area contributed by atoms with E-state index in [9.17, 15) is 0 Å². The molecule has 30 heavy (non-hydrogen) atoms. The highest BCUT2D eigenvalue weighted by Crippen LogP contribution is 2.24. The first-order chi connectivity index (χ1) is 14.7. The molecule has 0 atom stereocenters. The maximum atomic E-state index is 4.83. The molecule has 1 aliphatic heterocycles. The Morgan fingerprint density at radius 2 is 1.83 bits per heavy atom. The van der Waals surface area contributed by atoms with Crippen molar-refractivity contribution in [1.82, 2.24) is 39.4 Å². The van der Waals surface area contributed by atoms with E-state index in [1.807, 2.05) is 37.5 Å². The summed E-state index contributed by atoms with van der Waals surface area (Å²) in [6.45, 7) is 9.23. The third kappa shape index (κ3) is 3.37. The Morgan fingerprint density at radius 1 is 0.967 bits per heavy atom. The van der Waals surface area contributed by atoms with Gasteiger partial charge in [0.2, 0.25) is 5.95 Å². The molecule has 0 saturated carbocycles. The van der Waals surface area contributed by atoms with E-state index in [1.165, 1.54) is 0 Å². The van der Waals surface area contributed by atoms with Crippen molar-refractivity contribution in [2.45, 2.75) is 13.8 Å². The number of piperazine rings is 1. The van der Waals surface area contributed by atoms with Gasteiger partial charge in [-0.05, 0) is 31.7 Å². The quantitative estimate of drug-likeness (QED) is 0.514. The Bertz CT molecular complexity index is 1160. The van der Waals surface area contributed by atoms with Crippen LogP contribution in [0.3, 0.4) is 0 Å². The largest absolute Gasteiger partial charge is 0.338 e. The van der Waals surface area contributed by atoms with Gasteiger partial charge in [0.1, 0.15) is 0 Å². The van der Waals surface area contributed by atoms with E-state index < -0.39 is 0 Å². The van der Waals surface area contributed by atoms with Crippen molar-refractivity contribution in [3.8, 4) is 22.6 Å². The van der Waals surface area contributed by atoms with Crippen LogP contribution in [0.1, 0.15) is 12.6 Å². The zero-order valence-corrected chi connectivity index (χ0v) is 17.1. The van der Waals surface area contributed by atoms with Crippen LogP contribution in [-0.2, 0) is 0 Å². The van der Waals surface area contributed by atoms with Gasteiger partial charge in [-0.15, -0.1) is 5.10 Å². The third-order valence-corrected chi connectivity index (χ3v) is 5.55. The zero-order chi connectivity index (χ0) is 20.5. The molecule has 0 aromatic carbocycles. The van der Waals surface area contributed by atoms with Crippen molar-refractivity contribution in [3.05, 3.63) is 48.7 Å². The number of nitrogens with zero attached hydrogens (tertiary/aromatic N) is 9. The molecule has 1 saturated heterocycles. The number of hydrogen-bond donors (Lipinski definition) is 0. The summed E-state index contributed by atoms with van der Waals surface area (Å²) in [6.07, 6.45) is 7.11. The second-order valence-corrected chi connectivity index (χ2v) is 7.31. The van der Waals surface area contributed by atoms with Gasteiger partial charge in [0.25, 0.3) is 5.78 Å². The number of fused-ring (bicyclic) bond motifs is 1. The van der Waals surface area contributed by atoms with E-state index in [1.54, 1.807) is 16.9 Å². The number of aryl methyl sites for hydroxylation is 1. The van der Waals surface area contributed by atoms with Gasteiger partial charge in [-0.3, -0.25) is 4.98 Å². The minimum atomic E-state index is 0.556. The Hall–Kier alpha value is -3.46. The summed E-state index contributed by atoms with van der Waals surface area (Å²) in [5, 5.41) is 4.64. The van der Waals surface area contributed by atoms with Crippen LogP contribution in [-0.4, -0.2) is 72.2 Å². The molecule has 1 fully saturated rings. The SMILES string of the molecule is CCN1CCN(c2nccc(-c3cnc4nc(-c5cccnc5)nn4c3C)n2)CC1. The van der Waals surface area contributed by atoms with E-state index in [0.717, 1.165) is 61.2 Å². The maximum Gasteiger partial charge on any atom is 0.252 e. The first-order valence-corrected chi connectivity index (χ1v) is 10.2. The van der Waals surface area contributed by atoms with Crippen molar-refractivity contribution < 1.29 is 0 Å². The Kier molecular flexibility index (Phi) is 4.80. The first-order valence-electron chi connectivity index (χ1n) is 10.2. The molecular formula is C21H23N9. The van der Waals surface area contributed by atoms with Gasteiger partial charge >= 0.3 is 0 Å². The van der Waals surface area contributed by atoms with Crippen LogP contribution in [0.2, 0.25) is 0 Å². The average molecular weight is 401 g/mol. The number of likely N-dealkylation sites (N-methyl/N-ethyl adjacent to an activating group) is 1. The molecule has 4 aromatic rings. The molecule has 0 bridgehead atoms. The fraction of sp³-hybridized carbons (Fsp3) is 0.333. The van der Waals surface area contributed by atoms with E-state index >= 15 is 0 Å². The molecule has 0 aliphatic carbocycles. The predicted octanol–water partition coefficient (Wildman–Crippen LogP) is 2.09. The molecule has 0 amide bonds. The molecule has 152 valence electrons. The maximum absolute atomic E-state index is 4.83. The highest BCUT2D eigenvalue weighted by atomic mass is 15.3. The van der Waals surface area contributed by atoms with Crippen LogP contribution in [0.25, 0.3) is 28.4 Å². The van der Waals surface area contributed by atoms with Gasteiger partial charge in [-0.2, -0.15) is 4.98 Å². The van der Waals surface area contributed by atoms with E-state index in [4.69, 9.17) is 4.98 Å². The molecule has 9 nitrogen and oxygen atoms in total.